The van der Waals surface area contributed by atoms with Gasteiger partial charge in [0.1, 0.15) is 0 Å². The highest BCUT2D eigenvalue weighted by Gasteiger charge is 2.24. The number of pyridine rings is 1. The first-order valence-corrected chi connectivity index (χ1v) is 7.33. The lowest BCUT2D eigenvalue weighted by Gasteiger charge is -2.20. The molecule has 7 heteroatoms. The molecule has 1 N–H and O–H groups in total. The SMILES string of the molecule is O=c1c(Cc2ccc(Cl)cc2)cc([N+](=O)[O-])c2n1CCCN2. The van der Waals surface area contributed by atoms with Gasteiger partial charge in [0.2, 0.25) is 0 Å². The first-order valence-electron chi connectivity index (χ1n) is 6.95. The number of nitrogens with one attached hydrogen (secondary N) is 1. The molecule has 2 aromatic rings. The molecule has 0 fully saturated rings. The molecule has 0 saturated carbocycles. The van der Waals surface area contributed by atoms with Crippen molar-refractivity contribution in [3.05, 3.63) is 66.9 Å². The summed E-state index contributed by atoms with van der Waals surface area (Å²) in [5.41, 5.74) is 1.08. The minimum atomic E-state index is -0.449. The summed E-state index contributed by atoms with van der Waals surface area (Å²) in [6.45, 7) is 1.13. The lowest BCUT2D eigenvalue weighted by Crippen LogP contribution is -2.31. The van der Waals surface area contributed by atoms with Crippen LogP contribution in [0.25, 0.3) is 0 Å². The average Bonchev–Trinajstić information content (AvgIpc) is 2.52. The normalized spacial score (nSPS) is 13.3. The van der Waals surface area contributed by atoms with Crippen molar-refractivity contribution in [2.75, 3.05) is 11.9 Å². The second-order valence-corrected chi connectivity index (χ2v) is 5.64. The Bertz CT molecular complexity index is 784. The number of anilines is 1. The molecule has 22 heavy (non-hydrogen) atoms. The Hall–Kier alpha value is -2.34. The zero-order valence-corrected chi connectivity index (χ0v) is 12.5. The smallest absolute Gasteiger partial charge is 0.310 e. The quantitative estimate of drug-likeness (QED) is 0.697. The molecular formula is C15H14ClN3O3. The molecule has 0 atom stereocenters. The van der Waals surface area contributed by atoms with E-state index in [4.69, 9.17) is 11.6 Å². The van der Waals surface area contributed by atoms with Crippen LogP contribution >= 0.6 is 11.6 Å². The van der Waals surface area contributed by atoms with Crippen molar-refractivity contribution in [1.29, 1.82) is 0 Å². The highest BCUT2D eigenvalue weighted by Crippen LogP contribution is 2.27. The van der Waals surface area contributed by atoms with E-state index in [0.29, 0.717) is 35.9 Å². The molecule has 114 valence electrons. The van der Waals surface area contributed by atoms with Crippen LogP contribution < -0.4 is 10.9 Å². The molecule has 3 rings (SSSR count). The van der Waals surface area contributed by atoms with Gasteiger partial charge in [0, 0.05) is 36.2 Å². The number of rotatable bonds is 3. The fourth-order valence-corrected chi connectivity index (χ4v) is 2.77. The number of nitrogens with zero attached hydrogens (tertiary/aromatic N) is 2. The van der Waals surface area contributed by atoms with Crippen LogP contribution in [0.4, 0.5) is 11.5 Å². The lowest BCUT2D eigenvalue weighted by atomic mass is 10.1. The molecule has 0 saturated heterocycles. The van der Waals surface area contributed by atoms with Crippen LogP contribution in [-0.2, 0) is 13.0 Å². The average molecular weight is 320 g/mol. The summed E-state index contributed by atoms with van der Waals surface area (Å²) in [4.78, 5) is 23.4. The van der Waals surface area contributed by atoms with E-state index in [2.05, 4.69) is 5.32 Å². The van der Waals surface area contributed by atoms with E-state index in [1.165, 1.54) is 10.6 Å². The second-order valence-electron chi connectivity index (χ2n) is 5.20. The van der Waals surface area contributed by atoms with Crippen LogP contribution in [0.15, 0.2) is 35.1 Å². The highest BCUT2D eigenvalue weighted by atomic mass is 35.5. The summed E-state index contributed by atoms with van der Waals surface area (Å²) in [6.07, 6.45) is 1.12. The fourth-order valence-electron chi connectivity index (χ4n) is 2.64. The summed E-state index contributed by atoms with van der Waals surface area (Å²) >= 11 is 5.84. The number of fused-ring (bicyclic) bond motifs is 1. The van der Waals surface area contributed by atoms with Gasteiger partial charge in [0.25, 0.3) is 5.56 Å². The van der Waals surface area contributed by atoms with Gasteiger partial charge in [-0.3, -0.25) is 19.5 Å². The number of hydrogen-bond donors (Lipinski definition) is 1. The highest BCUT2D eigenvalue weighted by molar-refractivity contribution is 6.30. The Morgan fingerprint density at radius 1 is 1.32 bits per heavy atom. The van der Waals surface area contributed by atoms with Crippen molar-refractivity contribution in [3.8, 4) is 0 Å². The van der Waals surface area contributed by atoms with Gasteiger partial charge in [-0.05, 0) is 24.1 Å². The summed E-state index contributed by atoms with van der Waals surface area (Å²) < 4.78 is 1.47. The maximum atomic E-state index is 12.5. The fraction of sp³-hybridized carbons (Fsp3) is 0.267. The molecule has 1 aromatic heterocycles. The maximum Gasteiger partial charge on any atom is 0.310 e. The van der Waals surface area contributed by atoms with Gasteiger partial charge in [-0.25, -0.2) is 0 Å². The predicted molar refractivity (Wildman–Crippen MR) is 84.7 cm³/mol. The Morgan fingerprint density at radius 3 is 2.73 bits per heavy atom. The predicted octanol–water partition coefficient (Wildman–Crippen LogP) is 2.82. The standard InChI is InChI=1S/C15H14ClN3O3/c16-12-4-2-10(3-5-12)8-11-9-13(19(21)22)14-17-6-1-7-18(14)15(11)20/h2-5,9,17H,1,6-8H2. The summed E-state index contributed by atoms with van der Waals surface area (Å²) in [5.74, 6) is 0.307. The third kappa shape index (κ3) is 2.69. The monoisotopic (exact) mass is 319 g/mol. The minimum absolute atomic E-state index is 0.0525. The minimum Gasteiger partial charge on any atom is -0.366 e. The van der Waals surface area contributed by atoms with E-state index >= 15 is 0 Å². The molecule has 0 radical (unpaired) electrons. The number of benzene rings is 1. The summed E-state index contributed by atoms with van der Waals surface area (Å²) in [7, 11) is 0. The zero-order chi connectivity index (χ0) is 15.7. The Balaban J connectivity index is 2.07. The molecule has 1 aromatic carbocycles. The van der Waals surface area contributed by atoms with Gasteiger partial charge >= 0.3 is 5.69 Å². The molecule has 0 bridgehead atoms. The Kier molecular flexibility index (Phi) is 3.85. The van der Waals surface area contributed by atoms with Gasteiger partial charge in [-0.2, -0.15) is 0 Å². The molecule has 0 amide bonds. The lowest BCUT2D eigenvalue weighted by molar-refractivity contribution is -0.384. The summed E-state index contributed by atoms with van der Waals surface area (Å²) in [6, 6.07) is 8.48. The van der Waals surface area contributed by atoms with Gasteiger partial charge in [0.05, 0.1) is 4.92 Å². The summed E-state index contributed by atoms with van der Waals surface area (Å²) in [5, 5.41) is 14.8. The van der Waals surface area contributed by atoms with Gasteiger partial charge < -0.3 is 5.32 Å². The molecule has 1 aliphatic rings. The van der Waals surface area contributed by atoms with E-state index in [1.54, 1.807) is 12.1 Å². The van der Waals surface area contributed by atoms with Crippen molar-refractivity contribution >= 4 is 23.1 Å². The van der Waals surface area contributed by atoms with Crippen LogP contribution in [0.3, 0.4) is 0 Å². The van der Waals surface area contributed by atoms with Crippen molar-refractivity contribution in [3.63, 3.8) is 0 Å². The van der Waals surface area contributed by atoms with E-state index < -0.39 is 4.92 Å². The molecule has 0 aliphatic carbocycles. The molecule has 0 unspecified atom stereocenters. The number of nitro groups is 1. The van der Waals surface area contributed by atoms with E-state index in [9.17, 15) is 14.9 Å². The number of halogens is 1. The van der Waals surface area contributed by atoms with Crippen molar-refractivity contribution in [2.24, 2.45) is 0 Å². The van der Waals surface area contributed by atoms with E-state index in [-0.39, 0.29) is 11.2 Å². The number of hydrogen-bond acceptors (Lipinski definition) is 4. The van der Waals surface area contributed by atoms with Crippen LogP contribution in [-0.4, -0.2) is 16.0 Å². The van der Waals surface area contributed by atoms with E-state index in [1.807, 2.05) is 12.1 Å². The zero-order valence-electron chi connectivity index (χ0n) is 11.7. The largest absolute Gasteiger partial charge is 0.366 e. The third-order valence-corrected chi connectivity index (χ3v) is 3.95. The molecule has 2 heterocycles. The van der Waals surface area contributed by atoms with E-state index in [0.717, 1.165) is 12.0 Å². The first kappa shape index (κ1) is 14.6. The molecule has 1 aliphatic heterocycles. The third-order valence-electron chi connectivity index (χ3n) is 3.70. The van der Waals surface area contributed by atoms with Gasteiger partial charge in [-0.15, -0.1) is 0 Å². The maximum absolute atomic E-state index is 12.5. The van der Waals surface area contributed by atoms with Crippen molar-refractivity contribution < 1.29 is 4.92 Å². The number of aromatic nitrogens is 1. The van der Waals surface area contributed by atoms with Crippen molar-refractivity contribution in [2.45, 2.75) is 19.4 Å². The van der Waals surface area contributed by atoms with Crippen molar-refractivity contribution in [1.82, 2.24) is 4.57 Å². The van der Waals surface area contributed by atoms with Gasteiger partial charge in [0.15, 0.2) is 5.82 Å². The van der Waals surface area contributed by atoms with Crippen LogP contribution in [0.1, 0.15) is 17.5 Å². The molecular weight excluding hydrogens is 306 g/mol. The van der Waals surface area contributed by atoms with Crippen LogP contribution in [0.2, 0.25) is 5.02 Å². The Labute approximate surface area is 131 Å². The topological polar surface area (TPSA) is 77.2 Å². The van der Waals surface area contributed by atoms with Crippen LogP contribution in [0.5, 0.6) is 0 Å². The van der Waals surface area contributed by atoms with Gasteiger partial charge in [-0.1, -0.05) is 23.7 Å². The Morgan fingerprint density at radius 2 is 2.05 bits per heavy atom. The van der Waals surface area contributed by atoms with Crippen LogP contribution in [0, 0.1) is 10.1 Å². The first-order chi connectivity index (χ1) is 10.6. The molecule has 0 spiro atoms. The molecule has 6 nitrogen and oxygen atoms in total. The second kappa shape index (κ2) is 5.81.